The number of carbonyl (C=O) groups excluding carboxylic acids is 1. The molecule has 6 rings (SSSR count). The molecule has 0 radical (unpaired) electrons. The van der Waals surface area contributed by atoms with Crippen molar-refractivity contribution < 1.29 is 15.0 Å². The van der Waals surface area contributed by atoms with Crippen LogP contribution in [0.3, 0.4) is 0 Å². The van der Waals surface area contributed by atoms with Gasteiger partial charge in [0.15, 0.2) is 5.96 Å². The van der Waals surface area contributed by atoms with E-state index in [0.29, 0.717) is 32.5 Å². The van der Waals surface area contributed by atoms with Gasteiger partial charge in [-0.1, -0.05) is 0 Å². The lowest BCUT2D eigenvalue weighted by atomic mass is 9.44. The van der Waals surface area contributed by atoms with E-state index in [-0.39, 0.29) is 46.8 Å². The van der Waals surface area contributed by atoms with Gasteiger partial charge < -0.3 is 31.9 Å². The molecule has 0 aromatic rings. The Bertz CT molecular complexity index is 712. The molecule has 4 bridgehead atoms. The summed E-state index contributed by atoms with van der Waals surface area (Å²) in [5, 5.41) is 29.3. The van der Waals surface area contributed by atoms with E-state index in [1.54, 1.807) is 0 Å². The molecular formula is C22H38IN5O3. The van der Waals surface area contributed by atoms with Gasteiger partial charge in [0, 0.05) is 26.2 Å². The smallest absolute Gasteiger partial charge is 0.227 e. The van der Waals surface area contributed by atoms with E-state index < -0.39 is 11.5 Å². The number of guanidine groups is 1. The zero-order valence-corrected chi connectivity index (χ0v) is 20.6. The Morgan fingerprint density at radius 2 is 1.71 bits per heavy atom. The second-order valence-corrected chi connectivity index (χ2v) is 11.3. The van der Waals surface area contributed by atoms with E-state index in [1.165, 1.54) is 32.1 Å². The van der Waals surface area contributed by atoms with Gasteiger partial charge in [-0.3, -0.25) is 9.79 Å². The molecule has 5 fully saturated rings. The number of amides is 1. The van der Waals surface area contributed by atoms with E-state index in [0.717, 1.165) is 37.3 Å². The van der Waals surface area contributed by atoms with E-state index >= 15 is 0 Å². The van der Waals surface area contributed by atoms with Crippen molar-refractivity contribution >= 4 is 35.8 Å². The molecular weight excluding hydrogens is 509 g/mol. The Hall–Kier alpha value is -0.650. The predicted molar refractivity (Wildman–Crippen MR) is 129 cm³/mol. The van der Waals surface area contributed by atoms with Gasteiger partial charge in [0.05, 0.1) is 24.2 Å². The monoisotopic (exact) mass is 547 g/mol. The molecule has 0 spiro atoms. The zero-order chi connectivity index (χ0) is 21.0. The number of rotatable bonds is 6. The van der Waals surface area contributed by atoms with Crippen LogP contribution >= 0.6 is 24.0 Å². The molecule has 7 N–H and O–H groups in total. The maximum Gasteiger partial charge on any atom is 0.227 e. The lowest BCUT2D eigenvalue weighted by Gasteiger charge is -2.62. The number of nitrogens with one attached hydrogen (secondary N) is 3. The van der Waals surface area contributed by atoms with Crippen molar-refractivity contribution in [2.45, 2.75) is 63.6 Å². The molecule has 3 unspecified atom stereocenters. The van der Waals surface area contributed by atoms with Gasteiger partial charge in [0.2, 0.25) is 5.91 Å². The van der Waals surface area contributed by atoms with Crippen molar-refractivity contribution in [3.05, 3.63) is 0 Å². The highest BCUT2D eigenvalue weighted by Gasteiger charge is 2.58. The van der Waals surface area contributed by atoms with Crippen LogP contribution in [0.5, 0.6) is 0 Å². The highest BCUT2D eigenvalue weighted by molar-refractivity contribution is 14.0. The quantitative estimate of drug-likeness (QED) is 0.266. The van der Waals surface area contributed by atoms with Crippen LogP contribution in [0.2, 0.25) is 0 Å². The average Bonchev–Trinajstić information content (AvgIpc) is 2.68. The van der Waals surface area contributed by atoms with Crippen LogP contribution in [0.1, 0.15) is 51.4 Å². The third-order valence-corrected chi connectivity index (χ3v) is 8.65. The predicted octanol–water partition coefficient (Wildman–Crippen LogP) is 0.317. The fraction of sp³-hybridized carbons (Fsp3) is 0.909. The van der Waals surface area contributed by atoms with Gasteiger partial charge >= 0.3 is 0 Å². The lowest BCUT2D eigenvalue weighted by molar-refractivity contribution is -0.146. The molecule has 1 amide bonds. The van der Waals surface area contributed by atoms with E-state index in [9.17, 15) is 15.0 Å². The Labute approximate surface area is 201 Å². The summed E-state index contributed by atoms with van der Waals surface area (Å²) in [7, 11) is 0. The van der Waals surface area contributed by atoms with Crippen LogP contribution in [0, 0.1) is 28.1 Å². The van der Waals surface area contributed by atoms with Gasteiger partial charge in [-0.15, -0.1) is 24.0 Å². The lowest BCUT2D eigenvalue weighted by Crippen LogP contribution is -2.61. The van der Waals surface area contributed by atoms with Gasteiger partial charge in [-0.2, -0.15) is 0 Å². The summed E-state index contributed by atoms with van der Waals surface area (Å²) >= 11 is 0. The number of β-amino-alcohol motifs (C(OH)–C–C–N with tert-alkyl or cyclic N) is 1. The van der Waals surface area contributed by atoms with E-state index in [1.807, 2.05) is 0 Å². The van der Waals surface area contributed by atoms with Gasteiger partial charge in [0.1, 0.15) is 0 Å². The maximum atomic E-state index is 12.9. The molecule has 5 aliphatic carbocycles. The van der Waals surface area contributed by atoms with Gasteiger partial charge in [0.25, 0.3) is 0 Å². The molecule has 0 aromatic carbocycles. The number of aliphatic hydroxyl groups is 2. The van der Waals surface area contributed by atoms with Crippen molar-refractivity contribution in [1.29, 1.82) is 0 Å². The number of halogens is 1. The Kier molecular flexibility index (Phi) is 6.53. The van der Waals surface area contributed by atoms with Crippen molar-refractivity contribution in [3.8, 4) is 0 Å². The Balaban J connectivity index is 0.00000231. The maximum absolute atomic E-state index is 12.9. The molecule has 3 atom stereocenters. The van der Waals surface area contributed by atoms with Crippen molar-refractivity contribution in [3.63, 3.8) is 0 Å². The fourth-order valence-corrected chi connectivity index (χ4v) is 7.73. The molecule has 0 saturated heterocycles. The Morgan fingerprint density at radius 1 is 1.06 bits per heavy atom. The molecule has 9 heteroatoms. The van der Waals surface area contributed by atoms with Crippen LogP contribution in [0.4, 0.5) is 0 Å². The number of nitrogens with zero attached hydrogens (tertiary/aromatic N) is 1. The summed E-state index contributed by atoms with van der Waals surface area (Å²) in [5.74, 6) is 2.36. The molecule has 8 nitrogen and oxygen atoms in total. The molecule has 6 aliphatic rings. The highest BCUT2D eigenvalue weighted by atomic mass is 127. The highest BCUT2D eigenvalue weighted by Crippen LogP contribution is 2.64. The molecule has 1 aliphatic heterocycles. The largest absolute Gasteiger partial charge is 0.393 e. The summed E-state index contributed by atoms with van der Waals surface area (Å²) in [6.45, 7) is 2.98. The van der Waals surface area contributed by atoms with E-state index in [4.69, 9.17) is 5.73 Å². The molecule has 0 aromatic heterocycles. The summed E-state index contributed by atoms with van der Waals surface area (Å²) < 4.78 is 0. The zero-order valence-electron chi connectivity index (χ0n) is 18.2. The van der Waals surface area contributed by atoms with Crippen molar-refractivity contribution in [2.75, 3.05) is 32.7 Å². The number of hydrogen-bond donors (Lipinski definition) is 6. The minimum Gasteiger partial charge on any atom is -0.393 e. The first kappa shape index (κ1) is 23.5. The Morgan fingerprint density at radius 3 is 2.26 bits per heavy atom. The summed E-state index contributed by atoms with van der Waals surface area (Å²) in [6.07, 6.45) is 7.65. The standard InChI is InChI=1S/C22H37N5O3.HI/c23-11-22(6-16(28)7-22)18(30)26-12-20-2-14-1-15(3-20)5-21(4-14,10-20)13-27-19-24-8-17(29)9-25-19;/h14-17,28-29H,1-13,23H2,(H,26,30)(H2,24,25,27);1H. The summed E-state index contributed by atoms with van der Waals surface area (Å²) in [6, 6.07) is 0. The fourth-order valence-electron chi connectivity index (χ4n) is 7.73. The number of carbonyl (C=O) groups is 1. The average molecular weight is 547 g/mol. The van der Waals surface area contributed by atoms with Crippen LogP contribution in [0.15, 0.2) is 4.99 Å². The first-order valence-corrected chi connectivity index (χ1v) is 11.7. The topological polar surface area (TPSA) is 132 Å². The van der Waals surface area contributed by atoms with Crippen molar-refractivity contribution in [1.82, 2.24) is 16.0 Å². The first-order valence-electron chi connectivity index (χ1n) is 11.7. The second kappa shape index (κ2) is 8.61. The third kappa shape index (κ3) is 4.44. The first-order chi connectivity index (χ1) is 14.3. The summed E-state index contributed by atoms with van der Waals surface area (Å²) in [4.78, 5) is 17.3. The second-order valence-electron chi connectivity index (χ2n) is 11.3. The van der Waals surface area contributed by atoms with Crippen LogP contribution in [-0.2, 0) is 4.79 Å². The minimum atomic E-state index is -0.559. The normalized spacial score (nSPS) is 45.1. The van der Waals surface area contributed by atoms with Crippen molar-refractivity contribution in [2.24, 2.45) is 38.8 Å². The third-order valence-electron chi connectivity index (χ3n) is 8.65. The SMILES string of the molecule is I.NCC1(C(=O)NCC23CC4CC(C2)CC(CNC2=NCC(O)CN2)(C4)C3)CC(O)C1. The molecule has 176 valence electrons. The molecule has 1 heterocycles. The van der Waals surface area contributed by atoms with Gasteiger partial charge in [-0.05, 0) is 74.0 Å². The number of nitrogens with two attached hydrogens (primary N) is 1. The van der Waals surface area contributed by atoms with Gasteiger partial charge in [-0.25, -0.2) is 0 Å². The number of aliphatic imine (C=N–C) groups is 1. The summed E-state index contributed by atoms with van der Waals surface area (Å²) in [5.41, 5.74) is 5.80. The minimum absolute atomic E-state index is 0. The van der Waals surface area contributed by atoms with Crippen LogP contribution < -0.4 is 21.7 Å². The van der Waals surface area contributed by atoms with Crippen LogP contribution in [-0.4, -0.2) is 67.0 Å². The van der Waals surface area contributed by atoms with Crippen LogP contribution in [0.25, 0.3) is 0 Å². The number of hydrogen-bond acceptors (Lipinski definition) is 7. The number of aliphatic hydroxyl groups excluding tert-OH is 2. The molecule has 31 heavy (non-hydrogen) atoms. The molecule has 5 saturated carbocycles. The van der Waals surface area contributed by atoms with E-state index in [2.05, 4.69) is 20.9 Å².